The molecular weight excluding hydrogens is 248 g/mol. The minimum absolute atomic E-state index is 0.0879. The van der Waals surface area contributed by atoms with Crippen molar-refractivity contribution in [1.82, 2.24) is 14.8 Å². The second-order valence-corrected chi connectivity index (χ2v) is 7.64. The zero-order valence-corrected chi connectivity index (χ0v) is 12.5. The second kappa shape index (κ2) is 4.55. The van der Waals surface area contributed by atoms with Crippen LogP contribution in [0.2, 0.25) is 0 Å². The fraction of sp³-hybridized carbons (Fsp3) is 0.875. The number of hydrogen-bond donors (Lipinski definition) is 1. The summed E-state index contributed by atoms with van der Waals surface area (Å²) in [5.41, 5.74) is 7.07. The molecule has 2 N–H and O–H groups in total. The van der Waals surface area contributed by atoms with E-state index in [4.69, 9.17) is 5.73 Å². The molecule has 0 aliphatic heterocycles. The lowest BCUT2D eigenvalue weighted by Gasteiger charge is -2.58. The Morgan fingerprint density at radius 3 is 2.40 bits per heavy atom. The minimum Gasteiger partial charge on any atom is -0.321 e. The van der Waals surface area contributed by atoms with Crippen molar-refractivity contribution in [2.24, 2.45) is 28.9 Å². The third-order valence-corrected chi connectivity index (χ3v) is 6.13. The maximum Gasteiger partial charge on any atom is 0.150 e. The van der Waals surface area contributed by atoms with Gasteiger partial charge in [0.2, 0.25) is 0 Å². The smallest absolute Gasteiger partial charge is 0.150 e. The lowest BCUT2D eigenvalue weighted by Crippen LogP contribution is -2.51. The van der Waals surface area contributed by atoms with E-state index in [1.807, 2.05) is 6.33 Å². The SMILES string of the molecule is CCCn1cnnc1C(N)C12CC3CC(CC(C3)C1)C2. The van der Waals surface area contributed by atoms with E-state index in [1.54, 1.807) is 0 Å². The summed E-state index contributed by atoms with van der Waals surface area (Å²) in [4.78, 5) is 0. The first kappa shape index (κ1) is 12.8. The van der Waals surface area contributed by atoms with Crippen molar-refractivity contribution >= 4 is 0 Å². The molecule has 1 atom stereocenters. The van der Waals surface area contributed by atoms with E-state index >= 15 is 0 Å². The maximum absolute atomic E-state index is 6.75. The summed E-state index contributed by atoms with van der Waals surface area (Å²) >= 11 is 0. The summed E-state index contributed by atoms with van der Waals surface area (Å²) < 4.78 is 2.18. The molecule has 0 radical (unpaired) electrons. The molecule has 110 valence electrons. The fourth-order valence-electron chi connectivity index (χ4n) is 5.75. The molecule has 0 aromatic carbocycles. The monoisotopic (exact) mass is 274 g/mol. The van der Waals surface area contributed by atoms with Gasteiger partial charge >= 0.3 is 0 Å². The normalized spacial score (nSPS) is 40.2. The van der Waals surface area contributed by atoms with E-state index in [0.717, 1.165) is 36.5 Å². The van der Waals surface area contributed by atoms with Gasteiger partial charge in [-0.25, -0.2) is 0 Å². The van der Waals surface area contributed by atoms with Crippen molar-refractivity contribution in [1.29, 1.82) is 0 Å². The van der Waals surface area contributed by atoms with Crippen LogP contribution in [0.5, 0.6) is 0 Å². The van der Waals surface area contributed by atoms with E-state index in [1.165, 1.54) is 38.5 Å². The number of aromatic nitrogens is 3. The van der Waals surface area contributed by atoms with Crippen LogP contribution in [0.4, 0.5) is 0 Å². The number of rotatable bonds is 4. The Kier molecular flexibility index (Phi) is 2.92. The molecule has 0 saturated heterocycles. The predicted octanol–water partition coefficient (Wildman–Crippen LogP) is 2.90. The van der Waals surface area contributed by atoms with Gasteiger partial charge in [0.05, 0.1) is 6.04 Å². The molecule has 4 heteroatoms. The lowest BCUT2D eigenvalue weighted by atomic mass is 9.47. The molecule has 1 aromatic rings. The molecule has 4 fully saturated rings. The Balaban J connectivity index is 1.64. The molecule has 5 rings (SSSR count). The van der Waals surface area contributed by atoms with Crippen LogP contribution >= 0.6 is 0 Å². The molecule has 1 aromatic heterocycles. The van der Waals surface area contributed by atoms with Crippen LogP contribution in [-0.4, -0.2) is 14.8 Å². The van der Waals surface area contributed by atoms with Crippen LogP contribution in [0.3, 0.4) is 0 Å². The Morgan fingerprint density at radius 2 is 1.85 bits per heavy atom. The number of nitrogens with two attached hydrogens (primary N) is 1. The van der Waals surface area contributed by atoms with Crippen molar-refractivity contribution in [3.8, 4) is 0 Å². The molecule has 4 saturated carbocycles. The van der Waals surface area contributed by atoms with E-state index < -0.39 is 0 Å². The van der Waals surface area contributed by atoms with Crippen molar-refractivity contribution < 1.29 is 0 Å². The van der Waals surface area contributed by atoms with Crippen molar-refractivity contribution in [2.75, 3.05) is 0 Å². The zero-order chi connectivity index (χ0) is 13.7. The van der Waals surface area contributed by atoms with Crippen LogP contribution in [0.1, 0.15) is 63.7 Å². The highest BCUT2D eigenvalue weighted by molar-refractivity contribution is 5.11. The van der Waals surface area contributed by atoms with Crippen LogP contribution in [-0.2, 0) is 6.54 Å². The van der Waals surface area contributed by atoms with Gasteiger partial charge in [-0.3, -0.25) is 0 Å². The molecule has 20 heavy (non-hydrogen) atoms. The van der Waals surface area contributed by atoms with Crippen LogP contribution in [0.15, 0.2) is 6.33 Å². The molecule has 4 nitrogen and oxygen atoms in total. The van der Waals surface area contributed by atoms with E-state index in [9.17, 15) is 0 Å². The predicted molar refractivity (Wildman–Crippen MR) is 77.8 cm³/mol. The number of aryl methyl sites for hydroxylation is 1. The molecular formula is C16H26N4. The van der Waals surface area contributed by atoms with Gasteiger partial charge in [0.15, 0.2) is 0 Å². The highest BCUT2D eigenvalue weighted by Gasteiger charge is 2.54. The number of hydrogen-bond acceptors (Lipinski definition) is 3. The maximum atomic E-state index is 6.75. The van der Waals surface area contributed by atoms with E-state index in [0.29, 0.717) is 5.41 Å². The second-order valence-electron chi connectivity index (χ2n) is 7.64. The van der Waals surface area contributed by atoms with E-state index in [-0.39, 0.29) is 6.04 Å². The number of nitrogens with zero attached hydrogens (tertiary/aromatic N) is 3. The van der Waals surface area contributed by atoms with Crippen LogP contribution in [0, 0.1) is 23.2 Å². The van der Waals surface area contributed by atoms with Gasteiger partial charge in [0, 0.05) is 6.54 Å². The summed E-state index contributed by atoms with van der Waals surface area (Å²) in [6, 6.07) is 0.0879. The molecule has 4 aliphatic rings. The first-order chi connectivity index (χ1) is 9.70. The Labute approximate surface area is 121 Å². The third kappa shape index (κ3) is 1.84. The highest BCUT2D eigenvalue weighted by Crippen LogP contribution is 2.63. The standard InChI is InChI=1S/C16H26N4/c1-2-3-20-10-18-19-15(20)14(17)16-7-11-4-12(8-16)6-13(5-11)9-16/h10-14H,2-9,17H2,1H3. The van der Waals surface area contributed by atoms with Crippen molar-refractivity contribution in [3.63, 3.8) is 0 Å². The largest absolute Gasteiger partial charge is 0.321 e. The van der Waals surface area contributed by atoms with Crippen molar-refractivity contribution in [3.05, 3.63) is 12.2 Å². The fourth-order valence-corrected chi connectivity index (χ4v) is 5.75. The first-order valence-electron chi connectivity index (χ1n) is 8.33. The third-order valence-electron chi connectivity index (χ3n) is 6.13. The van der Waals surface area contributed by atoms with Gasteiger partial charge in [-0.2, -0.15) is 0 Å². The first-order valence-corrected chi connectivity index (χ1v) is 8.33. The topological polar surface area (TPSA) is 56.7 Å². The molecule has 4 aliphatic carbocycles. The van der Waals surface area contributed by atoms with Gasteiger partial charge < -0.3 is 10.3 Å². The Bertz CT molecular complexity index is 457. The molecule has 1 unspecified atom stereocenters. The average molecular weight is 274 g/mol. The quantitative estimate of drug-likeness (QED) is 0.918. The van der Waals surface area contributed by atoms with Gasteiger partial charge in [-0.1, -0.05) is 6.92 Å². The summed E-state index contributed by atoms with van der Waals surface area (Å²) in [6.45, 7) is 3.18. The van der Waals surface area contributed by atoms with Crippen LogP contribution < -0.4 is 5.73 Å². The van der Waals surface area contributed by atoms with E-state index in [2.05, 4.69) is 21.7 Å². The summed E-state index contributed by atoms with van der Waals surface area (Å²) in [6.07, 6.45) is 11.4. The summed E-state index contributed by atoms with van der Waals surface area (Å²) in [5.74, 6) is 3.85. The van der Waals surface area contributed by atoms with Crippen LogP contribution in [0.25, 0.3) is 0 Å². The zero-order valence-electron chi connectivity index (χ0n) is 12.5. The minimum atomic E-state index is 0.0879. The average Bonchev–Trinajstić information content (AvgIpc) is 2.85. The van der Waals surface area contributed by atoms with Gasteiger partial charge in [0.25, 0.3) is 0 Å². The summed E-state index contributed by atoms with van der Waals surface area (Å²) in [7, 11) is 0. The Morgan fingerprint density at radius 1 is 1.25 bits per heavy atom. The van der Waals surface area contributed by atoms with Crippen molar-refractivity contribution in [2.45, 2.75) is 64.5 Å². The molecule has 0 spiro atoms. The Hall–Kier alpha value is -0.900. The molecule has 4 bridgehead atoms. The van der Waals surface area contributed by atoms with Gasteiger partial charge in [0.1, 0.15) is 12.2 Å². The highest BCUT2D eigenvalue weighted by atomic mass is 15.3. The molecule has 1 heterocycles. The van der Waals surface area contributed by atoms with Gasteiger partial charge in [-0.05, 0) is 68.1 Å². The summed E-state index contributed by atoms with van der Waals surface area (Å²) in [5, 5.41) is 8.50. The van der Waals surface area contributed by atoms with Gasteiger partial charge in [-0.15, -0.1) is 10.2 Å². The lowest BCUT2D eigenvalue weighted by molar-refractivity contribution is -0.0697. The molecule has 0 amide bonds.